The second-order valence-electron chi connectivity index (χ2n) is 8.74. The molecular formula is C26H30FN3O3. The second-order valence-corrected chi connectivity index (χ2v) is 8.74. The van der Waals surface area contributed by atoms with E-state index in [1.165, 1.54) is 19.4 Å². The van der Waals surface area contributed by atoms with Crippen molar-refractivity contribution in [1.29, 1.82) is 0 Å². The van der Waals surface area contributed by atoms with E-state index in [9.17, 15) is 14.3 Å². The van der Waals surface area contributed by atoms with Crippen LogP contribution in [0.1, 0.15) is 38.3 Å². The summed E-state index contributed by atoms with van der Waals surface area (Å²) < 4.78 is 21.3. The molecule has 1 saturated carbocycles. The fourth-order valence-corrected chi connectivity index (χ4v) is 5.07. The summed E-state index contributed by atoms with van der Waals surface area (Å²) in [6, 6.07) is 11.5. The Morgan fingerprint density at radius 1 is 1.18 bits per heavy atom. The Balaban J connectivity index is 1.64. The smallest absolute Gasteiger partial charge is 0.333 e. The highest BCUT2D eigenvalue weighted by atomic mass is 19.1. The van der Waals surface area contributed by atoms with Gasteiger partial charge in [-0.3, -0.25) is 9.67 Å². The number of carbonyl (C=O) groups is 1. The monoisotopic (exact) mass is 451 g/mol. The maximum Gasteiger partial charge on any atom is 0.333 e. The van der Waals surface area contributed by atoms with Crippen LogP contribution >= 0.6 is 0 Å². The van der Waals surface area contributed by atoms with E-state index in [0.717, 1.165) is 66.7 Å². The van der Waals surface area contributed by atoms with Gasteiger partial charge in [0.15, 0.2) is 6.10 Å². The van der Waals surface area contributed by atoms with Crippen molar-refractivity contribution >= 4 is 5.97 Å². The van der Waals surface area contributed by atoms with Crippen LogP contribution < -0.4 is 0 Å². The Morgan fingerprint density at radius 3 is 2.52 bits per heavy atom. The maximum atomic E-state index is 14.0. The Kier molecular flexibility index (Phi) is 7.18. The Hall–Kier alpha value is -3.06. The SMILES string of the molecule is CCc1c(-c2cncc(F)c2)c(-c2ccccc2)nn1CC1CCC(C(OC)C(=O)O)CC1. The summed E-state index contributed by atoms with van der Waals surface area (Å²) in [5.41, 5.74) is 4.53. The number of methoxy groups -OCH3 is 1. The summed E-state index contributed by atoms with van der Waals surface area (Å²) in [5, 5.41) is 14.4. The van der Waals surface area contributed by atoms with E-state index in [0.29, 0.717) is 5.92 Å². The molecule has 0 aliphatic heterocycles. The molecule has 0 saturated heterocycles. The van der Waals surface area contributed by atoms with Crippen molar-refractivity contribution in [2.45, 2.75) is 51.7 Å². The van der Waals surface area contributed by atoms with Crippen LogP contribution in [-0.2, 0) is 22.5 Å². The van der Waals surface area contributed by atoms with Crippen LogP contribution in [0.5, 0.6) is 0 Å². The highest BCUT2D eigenvalue weighted by Crippen LogP contribution is 2.37. The molecule has 0 amide bonds. The van der Waals surface area contributed by atoms with Gasteiger partial charge in [0.2, 0.25) is 0 Å². The quantitative estimate of drug-likeness (QED) is 0.508. The van der Waals surface area contributed by atoms with Crippen LogP contribution in [0.15, 0.2) is 48.8 Å². The molecule has 2 aromatic heterocycles. The van der Waals surface area contributed by atoms with Crippen molar-refractivity contribution in [2.24, 2.45) is 11.8 Å². The number of benzene rings is 1. The predicted octanol–water partition coefficient (Wildman–Crippen LogP) is 5.22. The van der Waals surface area contributed by atoms with Gasteiger partial charge in [0.05, 0.1) is 6.20 Å². The summed E-state index contributed by atoms with van der Waals surface area (Å²) in [6.45, 7) is 2.84. The molecule has 0 radical (unpaired) electrons. The molecule has 1 aliphatic rings. The zero-order chi connectivity index (χ0) is 23.4. The van der Waals surface area contributed by atoms with Crippen molar-refractivity contribution in [3.63, 3.8) is 0 Å². The summed E-state index contributed by atoms with van der Waals surface area (Å²) in [6.07, 6.45) is 6.43. The number of hydrogen-bond acceptors (Lipinski definition) is 4. The summed E-state index contributed by atoms with van der Waals surface area (Å²) in [5.74, 6) is -0.811. The van der Waals surface area contributed by atoms with E-state index in [-0.39, 0.29) is 11.7 Å². The topological polar surface area (TPSA) is 77.2 Å². The van der Waals surface area contributed by atoms with Gasteiger partial charge in [0.1, 0.15) is 11.5 Å². The van der Waals surface area contributed by atoms with Gasteiger partial charge in [-0.25, -0.2) is 9.18 Å². The standard InChI is InChI=1S/C26H30FN3O3/c1-3-22-23(20-13-21(27)15-28-14-20)24(18-7-5-4-6-8-18)29-30(22)16-17-9-11-19(12-10-17)25(33-2)26(31)32/h4-8,13-15,17,19,25H,3,9-12,16H2,1-2H3,(H,31,32). The molecule has 1 N–H and O–H groups in total. The Labute approximate surface area is 193 Å². The zero-order valence-electron chi connectivity index (χ0n) is 19.1. The lowest BCUT2D eigenvalue weighted by molar-refractivity contribution is -0.153. The van der Waals surface area contributed by atoms with E-state index >= 15 is 0 Å². The molecule has 1 atom stereocenters. The number of halogens is 1. The molecular weight excluding hydrogens is 421 g/mol. The highest BCUT2D eigenvalue weighted by Gasteiger charge is 2.32. The molecule has 33 heavy (non-hydrogen) atoms. The number of pyridine rings is 1. The molecule has 6 nitrogen and oxygen atoms in total. The maximum absolute atomic E-state index is 14.0. The highest BCUT2D eigenvalue weighted by molar-refractivity contribution is 5.82. The van der Waals surface area contributed by atoms with Gasteiger partial charge < -0.3 is 9.84 Å². The minimum absolute atomic E-state index is 0.0424. The number of carboxylic acid groups (broad SMARTS) is 1. The number of rotatable bonds is 8. The van der Waals surface area contributed by atoms with Gasteiger partial charge in [-0.05, 0) is 50.0 Å². The van der Waals surface area contributed by atoms with E-state index < -0.39 is 12.1 Å². The Morgan fingerprint density at radius 2 is 1.91 bits per heavy atom. The molecule has 1 aliphatic carbocycles. The average Bonchev–Trinajstić information content (AvgIpc) is 3.19. The van der Waals surface area contributed by atoms with Gasteiger partial charge in [0, 0.05) is 42.2 Å². The van der Waals surface area contributed by atoms with Crippen LogP contribution in [0, 0.1) is 17.7 Å². The zero-order valence-corrected chi connectivity index (χ0v) is 19.1. The van der Waals surface area contributed by atoms with Gasteiger partial charge in [-0.2, -0.15) is 5.10 Å². The third-order valence-corrected chi connectivity index (χ3v) is 6.68. The van der Waals surface area contributed by atoms with Crippen molar-refractivity contribution in [3.05, 3.63) is 60.3 Å². The largest absolute Gasteiger partial charge is 0.479 e. The molecule has 0 bridgehead atoms. The molecule has 1 unspecified atom stereocenters. The van der Waals surface area contributed by atoms with Gasteiger partial charge in [-0.15, -0.1) is 0 Å². The molecule has 0 spiro atoms. The summed E-state index contributed by atoms with van der Waals surface area (Å²) >= 11 is 0. The van der Waals surface area contributed by atoms with Crippen molar-refractivity contribution in [1.82, 2.24) is 14.8 Å². The molecule has 174 valence electrons. The minimum atomic E-state index is -0.887. The van der Waals surface area contributed by atoms with Crippen LogP contribution in [0.3, 0.4) is 0 Å². The first kappa shape index (κ1) is 23.1. The number of hydrogen-bond donors (Lipinski definition) is 1. The van der Waals surface area contributed by atoms with Gasteiger partial charge >= 0.3 is 5.97 Å². The van der Waals surface area contributed by atoms with Crippen LogP contribution in [0.2, 0.25) is 0 Å². The average molecular weight is 452 g/mol. The second kappa shape index (κ2) is 10.3. The van der Waals surface area contributed by atoms with Crippen molar-refractivity contribution < 1.29 is 19.0 Å². The third kappa shape index (κ3) is 4.98. The van der Waals surface area contributed by atoms with E-state index in [2.05, 4.69) is 16.6 Å². The van der Waals surface area contributed by atoms with Crippen LogP contribution in [-0.4, -0.2) is 39.1 Å². The first-order chi connectivity index (χ1) is 16.0. The minimum Gasteiger partial charge on any atom is -0.479 e. The van der Waals surface area contributed by atoms with Crippen molar-refractivity contribution in [2.75, 3.05) is 7.11 Å². The number of aromatic nitrogens is 3. The predicted molar refractivity (Wildman–Crippen MR) is 124 cm³/mol. The molecule has 4 rings (SSSR count). The molecule has 3 aromatic rings. The molecule has 1 fully saturated rings. The molecule has 1 aromatic carbocycles. The van der Waals surface area contributed by atoms with E-state index in [4.69, 9.17) is 9.84 Å². The normalized spacial score (nSPS) is 19.4. The number of ether oxygens (including phenoxy) is 1. The number of nitrogens with zero attached hydrogens (tertiary/aromatic N) is 3. The Bertz CT molecular complexity index is 1090. The first-order valence-corrected chi connectivity index (χ1v) is 11.5. The lowest BCUT2D eigenvalue weighted by Gasteiger charge is -2.31. The number of carboxylic acids is 1. The third-order valence-electron chi connectivity index (χ3n) is 6.68. The molecule has 2 heterocycles. The van der Waals surface area contributed by atoms with E-state index in [1.807, 2.05) is 30.3 Å². The first-order valence-electron chi connectivity index (χ1n) is 11.5. The number of aliphatic carboxylic acids is 1. The van der Waals surface area contributed by atoms with Crippen LogP contribution in [0.4, 0.5) is 4.39 Å². The fourth-order valence-electron chi connectivity index (χ4n) is 5.07. The molecule has 7 heteroatoms. The van der Waals surface area contributed by atoms with E-state index in [1.54, 1.807) is 6.20 Å². The summed E-state index contributed by atoms with van der Waals surface area (Å²) in [4.78, 5) is 15.5. The summed E-state index contributed by atoms with van der Waals surface area (Å²) in [7, 11) is 1.47. The fraction of sp³-hybridized carbons (Fsp3) is 0.423. The van der Waals surface area contributed by atoms with Crippen molar-refractivity contribution in [3.8, 4) is 22.4 Å². The van der Waals surface area contributed by atoms with Gasteiger partial charge in [0.25, 0.3) is 0 Å². The lowest BCUT2D eigenvalue weighted by Crippen LogP contribution is -2.34. The lowest BCUT2D eigenvalue weighted by atomic mass is 9.79. The van der Waals surface area contributed by atoms with Gasteiger partial charge in [-0.1, -0.05) is 37.3 Å². The van der Waals surface area contributed by atoms with Crippen LogP contribution in [0.25, 0.3) is 22.4 Å².